The lowest BCUT2D eigenvalue weighted by atomic mass is 9.99. The minimum atomic E-state index is -3.21. The Balaban J connectivity index is 1.78. The Hall–Kier alpha value is -1.41. The van der Waals surface area contributed by atoms with E-state index in [-0.39, 0.29) is 6.04 Å². The van der Waals surface area contributed by atoms with Gasteiger partial charge in [0.2, 0.25) is 21.9 Å². The summed E-state index contributed by atoms with van der Waals surface area (Å²) in [6.45, 7) is 1.38. The summed E-state index contributed by atoms with van der Waals surface area (Å²) < 4.78 is 31.0. The maximum absolute atomic E-state index is 11.5. The van der Waals surface area contributed by atoms with Crippen LogP contribution in [0.5, 0.6) is 5.88 Å². The van der Waals surface area contributed by atoms with Crippen molar-refractivity contribution in [3.8, 4) is 5.88 Å². The van der Waals surface area contributed by atoms with E-state index in [0.29, 0.717) is 30.2 Å². The molecule has 1 saturated heterocycles. The lowest BCUT2D eigenvalue weighted by Gasteiger charge is -2.17. The first-order valence-electron chi connectivity index (χ1n) is 7.05. The SMILES string of the molecule is COc1ccnc(N2C[C@H](NS(C)(=O)=O)[C@@H](C3CC3)C2)n1. The van der Waals surface area contributed by atoms with E-state index in [1.807, 2.05) is 4.90 Å². The summed E-state index contributed by atoms with van der Waals surface area (Å²) in [5.41, 5.74) is 0. The van der Waals surface area contributed by atoms with Gasteiger partial charge in [0.1, 0.15) is 0 Å². The first-order chi connectivity index (χ1) is 9.96. The average molecular weight is 312 g/mol. The van der Waals surface area contributed by atoms with Crippen LogP contribution in [0, 0.1) is 11.8 Å². The third-order valence-electron chi connectivity index (χ3n) is 4.07. The molecule has 0 amide bonds. The molecule has 1 aromatic rings. The molecule has 0 unspecified atom stereocenters. The number of aromatic nitrogens is 2. The molecule has 2 atom stereocenters. The predicted octanol–water partition coefficient (Wildman–Crippen LogP) is 0.249. The maximum atomic E-state index is 11.5. The number of nitrogens with one attached hydrogen (secondary N) is 1. The molecule has 3 rings (SSSR count). The number of ether oxygens (including phenoxy) is 1. The van der Waals surface area contributed by atoms with Gasteiger partial charge in [0.05, 0.1) is 13.4 Å². The Labute approximate surface area is 124 Å². The molecule has 0 bridgehead atoms. The second-order valence-corrected chi connectivity index (χ2v) is 7.58. The van der Waals surface area contributed by atoms with Gasteiger partial charge in [-0.05, 0) is 24.7 Å². The van der Waals surface area contributed by atoms with E-state index in [1.54, 1.807) is 19.4 Å². The van der Waals surface area contributed by atoms with Crippen LogP contribution in [-0.4, -0.2) is 50.9 Å². The highest BCUT2D eigenvalue weighted by molar-refractivity contribution is 7.88. The van der Waals surface area contributed by atoms with Gasteiger partial charge in [0, 0.05) is 31.4 Å². The van der Waals surface area contributed by atoms with Gasteiger partial charge in [-0.2, -0.15) is 4.98 Å². The van der Waals surface area contributed by atoms with Crippen molar-refractivity contribution >= 4 is 16.0 Å². The molecule has 2 fully saturated rings. The number of sulfonamides is 1. The van der Waals surface area contributed by atoms with E-state index >= 15 is 0 Å². The Morgan fingerprint density at radius 1 is 1.38 bits per heavy atom. The van der Waals surface area contributed by atoms with Crippen molar-refractivity contribution in [2.24, 2.45) is 11.8 Å². The molecule has 1 aromatic heterocycles. The van der Waals surface area contributed by atoms with Gasteiger partial charge >= 0.3 is 0 Å². The first-order valence-corrected chi connectivity index (χ1v) is 8.94. The lowest BCUT2D eigenvalue weighted by molar-refractivity contribution is 0.396. The number of rotatable bonds is 5. The molecule has 116 valence electrons. The molecule has 1 saturated carbocycles. The topological polar surface area (TPSA) is 84.4 Å². The van der Waals surface area contributed by atoms with E-state index in [2.05, 4.69) is 14.7 Å². The molecular weight excluding hydrogens is 292 g/mol. The van der Waals surface area contributed by atoms with Crippen LogP contribution in [0.15, 0.2) is 12.3 Å². The summed E-state index contributed by atoms with van der Waals surface area (Å²) in [4.78, 5) is 10.6. The zero-order valence-electron chi connectivity index (χ0n) is 12.2. The summed E-state index contributed by atoms with van der Waals surface area (Å²) in [5.74, 6) is 2.05. The van der Waals surface area contributed by atoms with Crippen LogP contribution in [0.2, 0.25) is 0 Å². The van der Waals surface area contributed by atoms with Crippen molar-refractivity contribution in [2.45, 2.75) is 18.9 Å². The second-order valence-electron chi connectivity index (χ2n) is 5.80. The van der Waals surface area contributed by atoms with Gasteiger partial charge in [-0.1, -0.05) is 0 Å². The minimum absolute atomic E-state index is 0.0673. The molecule has 8 heteroatoms. The van der Waals surface area contributed by atoms with Crippen LogP contribution in [0.25, 0.3) is 0 Å². The fraction of sp³-hybridized carbons (Fsp3) is 0.692. The quantitative estimate of drug-likeness (QED) is 0.839. The molecule has 2 heterocycles. The summed E-state index contributed by atoms with van der Waals surface area (Å²) in [6, 6.07) is 1.63. The molecule has 0 aromatic carbocycles. The molecule has 21 heavy (non-hydrogen) atoms. The summed E-state index contributed by atoms with van der Waals surface area (Å²) in [7, 11) is -1.64. The van der Waals surface area contributed by atoms with E-state index in [9.17, 15) is 8.42 Å². The highest BCUT2D eigenvalue weighted by Gasteiger charge is 2.44. The number of anilines is 1. The standard InChI is InChI=1S/C13H20N4O3S/c1-20-12-5-6-14-13(15-12)17-7-10(9-3-4-9)11(8-17)16-21(2,18)19/h5-6,9-11,16H,3-4,7-8H2,1-2H3/t10-,11+/m1/s1. The van der Waals surface area contributed by atoms with Crippen molar-refractivity contribution in [1.29, 1.82) is 0 Å². The van der Waals surface area contributed by atoms with Gasteiger partial charge in [-0.3, -0.25) is 0 Å². The van der Waals surface area contributed by atoms with E-state index in [4.69, 9.17) is 4.74 Å². The first kappa shape index (κ1) is 14.5. The Bertz CT molecular complexity index is 618. The molecule has 1 N–H and O–H groups in total. The lowest BCUT2D eigenvalue weighted by Crippen LogP contribution is -2.40. The second kappa shape index (κ2) is 5.42. The molecule has 0 radical (unpaired) electrons. The van der Waals surface area contributed by atoms with Crippen molar-refractivity contribution in [1.82, 2.24) is 14.7 Å². The van der Waals surface area contributed by atoms with E-state index < -0.39 is 10.0 Å². The van der Waals surface area contributed by atoms with Gasteiger partial charge in [-0.15, -0.1) is 0 Å². The van der Waals surface area contributed by atoms with Crippen LogP contribution in [0.4, 0.5) is 5.95 Å². The third kappa shape index (κ3) is 3.44. The molecular formula is C13H20N4O3S. The smallest absolute Gasteiger partial charge is 0.228 e. The highest BCUT2D eigenvalue weighted by Crippen LogP contribution is 2.42. The van der Waals surface area contributed by atoms with E-state index in [1.165, 1.54) is 19.1 Å². The number of hydrogen-bond donors (Lipinski definition) is 1. The van der Waals surface area contributed by atoms with Crippen LogP contribution in [0.3, 0.4) is 0 Å². The summed E-state index contributed by atoms with van der Waals surface area (Å²) in [6.07, 6.45) is 5.23. The summed E-state index contributed by atoms with van der Waals surface area (Å²) >= 11 is 0. The van der Waals surface area contributed by atoms with Crippen molar-refractivity contribution in [3.05, 3.63) is 12.3 Å². The van der Waals surface area contributed by atoms with Gasteiger partial charge < -0.3 is 9.64 Å². The highest BCUT2D eigenvalue weighted by atomic mass is 32.2. The van der Waals surface area contributed by atoms with Crippen LogP contribution in [-0.2, 0) is 10.0 Å². The molecule has 2 aliphatic rings. The van der Waals surface area contributed by atoms with Crippen molar-refractivity contribution in [3.63, 3.8) is 0 Å². The number of hydrogen-bond acceptors (Lipinski definition) is 6. The Morgan fingerprint density at radius 3 is 2.76 bits per heavy atom. The monoisotopic (exact) mass is 312 g/mol. The molecule has 0 spiro atoms. The fourth-order valence-corrected chi connectivity index (χ4v) is 3.79. The van der Waals surface area contributed by atoms with Crippen LogP contribution < -0.4 is 14.4 Å². The van der Waals surface area contributed by atoms with Gasteiger partial charge in [-0.25, -0.2) is 18.1 Å². The van der Waals surface area contributed by atoms with Gasteiger partial charge in [0.25, 0.3) is 0 Å². The predicted molar refractivity (Wildman–Crippen MR) is 78.8 cm³/mol. The van der Waals surface area contributed by atoms with Crippen molar-refractivity contribution < 1.29 is 13.2 Å². The zero-order valence-corrected chi connectivity index (χ0v) is 13.0. The van der Waals surface area contributed by atoms with Crippen LogP contribution in [0.1, 0.15) is 12.8 Å². The Morgan fingerprint density at radius 2 is 2.14 bits per heavy atom. The third-order valence-corrected chi connectivity index (χ3v) is 4.80. The summed E-state index contributed by atoms with van der Waals surface area (Å²) in [5, 5.41) is 0. The normalized spacial score (nSPS) is 26.1. The number of methoxy groups -OCH3 is 1. The average Bonchev–Trinajstić information content (AvgIpc) is 3.19. The minimum Gasteiger partial charge on any atom is -0.481 e. The Kier molecular flexibility index (Phi) is 3.75. The maximum Gasteiger partial charge on any atom is 0.228 e. The van der Waals surface area contributed by atoms with Crippen molar-refractivity contribution in [2.75, 3.05) is 31.4 Å². The largest absolute Gasteiger partial charge is 0.481 e. The number of nitrogens with zero attached hydrogens (tertiary/aromatic N) is 3. The molecule has 1 aliphatic heterocycles. The zero-order chi connectivity index (χ0) is 15.0. The van der Waals surface area contributed by atoms with E-state index in [0.717, 1.165) is 6.54 Å². The van der Waals surface area contributed by atoms with Crippen LogP contribution >= 0.6 is 0 Å². The fourth-order valence-electron chi connectivity index (χ4n) is 2.99. The molecule has 1 aliphatic carbocycles. The van der Waals surface area contributed by atoms with Gasteiger partial charge in [0.15, 0.2) is 0 Å². The molecule has 7 nitrogen and oxygen atoms in total.